The number of halogens is 1. The maximum atomic E-state index is 12.9. The molecule has 0 bridgehead atoms. The fourth-order valence-corrected chi connectivity index (χ4v) is 2.55. The molecule has 3 rings (SSSR count). The molecule has 0 saturated carbocycles. The zero-order chi connectivity index (χ0) is 17.1. The normalized spacial score (nSPS) is 17.4. The van der Waals surface area contributed by atoms with E-state index in [1.807, 2.05) is 6.92 Å². The third kappa shape index (κ3) is 3.24. The number of aromatic nitrogens is 2. The van der Waals surface area contributed by atoms with Crippen LogP contribution >= 0.6 is 0 Å². The lowest BCUT2D eigenvalue weighted by molar-refractivity contribution is -0.140. The number of Topliss-reactive ketones (excluding diaryl/α,β-unsaturated/α-hetero) is 1. The van der Waals surface area contributed by atoms with E-state index in [-0.39, 0.29) is 12.4 Å². The fourth-order valence-electron chi connectivity index (χ4n) is 2.55. The Kier molecular flexibility index (Phi) is 4.50. The van der Waals surface area contributed by atoms with Gasteiger partial charge in [-0.15, -0.1) is 0 Å². The molecule has 1 unspecified atom stereocenters. The van der Waals surface area contributed by atoms with Crippen molar-refractivity contribution in [3.63, 3.8) is 0 Å². The summed E-state index contributed by atoms with van der Waals surface area (Å²) in [6.45, 7) is 2.85. The Morgan fingerprint density at radius 1 is 1.25 bits per heavy atom. The van der Waals surface area contributed by atoms with E-state index in [1.165, 1.54) is 23.4 Å². The Bertz CT molecular complexity index is 764. The second kappa shape index (κ2) is 6.74. The van der Waals surface area contributed by atoms with Crippen molar-refractivity contribution < 1.29 is 18.7 Å². The van der Waals surface area contributed by atoms with Gasteiger partial charge in [-0.2, -0.15) is 0 Å². The number of benzene rings is 1. The van der Waals surface area contributed by atoms with Gasteiger partial charge in [-0.1, -0.05) is 12.1 Å². The first kappa shape index (κ1) is 16.0. The molecular formula is C17H16FN3O3. The lowest BCUT2D eigenvalue weighted by Gasteiger charge is -2.12. The number of nitrogens with zero attached hydrogens (tertiary/aromatic N) is 3. The van der Waals surface area contributed by atoms with Crippen LogP contribution in [0.2, 0.25) is 0 Å². The van der Waals surface area contributed by atoms with Crippen LogP contribution in [-0.4, -0.2) is 39.6 Å². The molecule has 1 atom stereocenters. The first-order valence-corrected chi connectivity index (χ1v) is 7.60. The van der Waals surface area contributed by atoms with Gasteiger partial charge in [0.25, 0.3) is 5.91 Å². The molecule has 1 saturated heterocycles. The number of ether oxygens (including phenoxy) is 1. The summed E-state index contributed by atoms with van der Waals surface area (Å²) < 4.78 is 18.4. The highest BCUT2D eigenvalue weighted by atomic mass is 19.1. The van der Waals surface area contributed by atoms with Crippen molar-refractivity contribution in [3.05, 3.63) is 53.7 Å². The van der Waals surface area contributed by atoms with Crippen LogP contribution in [0.25, 0.3) is 0 Å². The molecule has 24 heavy (non-hydrogen) atoms. The molecule has 7 heteroatoms. The minimum atomic E-state index is -0.589. The third-order valence-electron chi connectivity index (χ3n) is 3.92. The number of hydrogen-bond acceptors (Lipinski definition) is 5. The van der Waals surface area contributed by atoms with E-state index in [0.29, 0.717) is 24.7 Å². The summed E-state index contributed by atoms with van der Waals surface area (Å²) in [7, 11) is 0. The van der Waals surface area contributed by atoms with Crippen molar-refractivity contribution >= 4 is 11.7 Å². The molecule has 0 N–H and O–H groups in total. The van der Waals surface area contributed by atoms with Gasteiger partial charge in [0.05, 0.1) is 11.6 Å². The Morgan fingerprint density at radius 2 is 2.00 bits per heavy atom. The minimum Gasteiger partial charge on any atom is -0.473 e. The molecule has 1 aromatic carbocycles. The lowest BCUT2D eigenvalue weighted by atomic mass is 10.0. The van der Waals surface area contributed by atoms with Crippen molar-refractivity contribution in [3.8, 4) is 5.88 Å². The maximum Gasteiger partial charge on any atom is 0.290 e. The number of carbonyl (C=O) groups is 2. The molecule has 124 valence electrons. The number of likely N-dealkylation sites (tertiary alicyclic amines) is 1. The molecule has 2 aromatic rings. The highest BCUT2D eigenvalue weighted by molar-refractivity contribution is 6.40. The van der Waals surface area contributed by atoms with Gasteiger partial charge < -0.3 is 9.64 Å². The van der Waals surface area contributed by atoms with Gasteiger partial charge in [-0.3, -0.25) is 9.59 Å². The summed E-state index contributed by atoms with van der Waals surface area (Å²) >= 11 is 0. The van der Waals surface area contributed by atoms with Gasteiger partial charge in [0, 0.05) is 19.2 Å². The molecule has 6 nitrogen and oxygen atoms in total. The average molecular weight is 329 g/mol. The highest BCUT2D eigenvalue weighted by Gasteiger charge is 2.39. The van der Waals surface area contributed by atoms with Crippen LogP contribution in [0, 0.1) is 5.82 Å². The standard InChI is InChI=1S/C17H16FN3O3/c1-2-21-8-13(16(22)17(21)23)14-7-15(20-10-19-14)24-9-11-3-5-12(18)6-4-11/h3-7,10,13H,2,8-9H2,1H3. The van der Waals surface area contributed by atoms with Gasteiger partial charge in [0.2, 0.25) is 11.7 Å². The van der Waals surface area contributed by atoms with Crippen LogP contribution in [-0.2, 0) is 16.2 Å². The number of carbonyl (C=O) groups excluding carboxylic acids is 2. The first-order chi connectivity index (χ1) is 11.6. The van der Waals surface area contributed by atoms with Crippen molar-refractivity contribution in [1.82, 2.24) is 14.9 Å². The highest BCUT2D eigenvalue weighted by Crippen LogP contribution is 2.25. The van der Waals surface area contributed by atoms with Crippen molar-refractivity contribution in [1.29, 1.82) is 0 Å². The van der Waals surface area contributed by atoms with Crippen LogP contribution < -0.4 is 4.74 Å². The maximum absolute atomic E-state index is 12.9. The molecule has 1 aromatic heterocycles. The third-order valence-corrected chi connectivity index (χ3v) is 3.92. The molecule has 0 spiro atoms. The Balaban J connectivity index is 1.71. The Morgan fingerprint density at radius 3 is 2.67 bits per heavy atom. The van der Waals surface area contributed by atoms with Crippen molar-refractivity contribution in [2.24, 2.45) is 0 Å². The molecule has 0 radical (unpaired) electrons. The van der Waals surface area contributed by atoms with Gasteiger partial charge in [0.1, 0.15) is 18.8 Å². The second-order valence-corrected chi connectivity index (χ2v) is 5.46. The van der Waals surface area contributed by atoms with E-state index < -0.39 is 17.6 Å². The van der Waals surface area contributed by atoms with Crippen molar-refractivity contribution in [2.45, 2.75) is 19.4 Å². The number of amides is 1. The molecule has 0 aliphatic carbocycles. The van der Waals surface area contributed by atoms with Gasteiger partial charge in [0.15, 0.2) is 0 Å². The van der Waals surface area contributed by atoms with Gasteiger partial charge in [-0.05, 0) is 24.6 Å². The summed E-state index contributed by atoms with van der Waals surface area (Å²) in [6, 6.07) is 7.52. The van der Waals surface area contributed by atoms with Gasteiger partial charge >= 0.3 is 0 Å². The van der Waals surface area contributed by atoms with Crippen LogP contribution in [0.4, 0.5) is 4.39 Å². The zero-order valence-corrected chi connectivity index (χ0v) is 13.1. The SMILES string of the molecule is CCN1CC(c2cc(OCc3ccc(F)cc3)ncn2)C(=O)C1=O. The summed E-state index contributed by atoms with van der Waals surface area (Å²) in [4.78, 5) is 33.5. The molecule has 1 aliphatic rings. The minimum absolute atomic E-state index is 0.218. The molecule has 2 heterocycles. The van der Waals surface area contributed by atoms with Crippen LogP contribution in [0.15, 0.2) is 36.7 Å². The van der Waals surface area contributed by atoms with E-state index in [1.54, 1.807) is 18.2 Å². The van der Waals surface area contributed by atoms with E-state index in [0.717, 1.165) is 5.56 Å². The fraction of sp³-hybridized carbons (Fsp3) is 0.294. The van der Waals surface area contributed by atoms with Crippen LogP contribution in [0.3, 0.4) is 0 Å². The number of hydrogen-bond donors (Lipinski definition) is 0. The Labute approximate surface area is 138 Å². The topological polar surface area (TPSA) is 72.4 Å². The summed E-state index contributed by atoms with van der Waals surface area (Å²) in [5.41, 5.74) is 1.26. The quantitative estimate of drug-likeness (QED) is 0.781. The summed E-state index contributed by atoms with van der Waals surface area (Å²) in [5.74, 6) is -1.53. The van der Waals surface area contributed by atoms with E-state index in [9.17, 15) is 14.0 Å². The smallest absolute Gasteiger partial charge is 0.290 e. The summed E-state index contributed by atoms with van der Waals surface area (Å²) in [6.07, 6.45) is 1.31. The number of likely N-dealkylation sites (N-methyl/N-ethyl adjacent to an activating group) is 1. The van der Waals surface area contributed by atoms with Crippen LogP contribution in [0.1, 0.15) is 24.1 Å². The van der Waals surface area contributed by atoms with Crippen LogP contribution in [0.5, 0.6) is 5.88 Å². The van der Waals surface area contributed by atoms with E-state index in [4.69, 9.17) is 4.74 Å². The largest absolute Gasteiger partial charge is 0.473 e. The lowest BCUT2D eigenvalue weighted by Crippen LogP contribution is -2.26. The molecule has 1 amide bonds. The Hall–Kier alpha value is -2.83. The average Bonchev–Trinajstić information content (AvgIpc) is 2.90. The predicted molar refractivity (Wildman–Crippen MR) is 82.8 cm³/mol. The predicted octanol–water partition coefficient (Wildman–Crippen LogP) is 1.71. The molecule has 1 aliphatic heterocycles. The van der Waals surface area contributed by atoms with E-state index in [2.05, 4.69) is 9.97 Å². The van der Waals surface area contributed by atoms with Gasteiger partial charge in [-0.25, -0.2) is 14.4 Å². The second-order valence-electron chi connectivity index (χ2n) is 5.46. The molecular weight excluding hydrogens is 313 g/mol. The molecule has 1 fully saturated rings. The van der Waals surface area contributed by atoms with Crippen molar-refractivity contribution in [2.75, 3.05) is 13.1 Å². The first-order valence-electron chi connectivity index (χ1n) is 7.60. The summed E-state index contributed by atoms with van der Waals surface area (Å²) in [5, 5.41) is 0. The van der Waals surface area contributed by atoms with E-state index >= 15 is 0 Å². The number of rotatable bonds is 5. The number of ketones is 1. The monoisotopic (exact) mass is 329 g/mol. The zero-order valence-electron chi connectivity index (χ0n) is 13.1.